The second kappa shape index (κ2) is 8.24. The zero-order chi connectivity index (χ0) is 15.8. The minimum atomic E-state index is -0.447. The third-order valence-corrected chi connectivity index (χ3v) is 3.25. The molecule has 0 spiro atoms. The molecule has 1 aromatic carbocycles. The molecule has 1 N–H and O–H groups in total. The van der Waals surface area contributed by atoms with Crippen LogP contribution in [0.1, 0.15) is 43.5 Å². The molecule has 0 heterocycles. The minimum Gasteiger partial charge on any atom is -0.380 e. The summed E-state index contributed by atoms with van der Waals surface area (Å²) in [4.78, 5) is 24.5. The van der Waals surface area contributed by atoms with E-state index < -0.39 is 4.92 Å². The van der Waals surface area contributed by atoms with Crippen LogP contribution < -0.4 is 5.32 Å². The first-order chi connectivity index (χ1) is 10.0. The van der Waals surface area contributed by atoms with Gasteiger partial charge in [-0.25, -0.2) is 0 Å². The number of carbonyl (C=O) groups excluding carboxylic acids is 1. The molecule has 0 atom stereocenters. The van der Waals surface area contributed by atoms with Gasteiger partial charge in [0, 0.05) is 31.8 Å². The van der Waals surface area contributed by atoms with Gasteiger partial charge >= 0.3 is 0 Å². The highest BCUT2D eigenvalue weighted by Crippen LogP contribution is 2.25. The Bertz CT molecular complexity index is 503. The van der Waals surface area contributed by atoms with E-state index in [4.69, 9.17) is 0 Å². The molecule has 21 heavy (non-hydrogen) atoms. The Hall–Kier alpha value is -2.11. The molecule has 116 valence electrons. The number of nitro benzene ring substituents is 1. The van der Waals surface area contributed by atoms with Gasteiger partial charge in [-0.15, -0.1) is 0 Å². The number of hydrogen-bond donors (Lipinski definition) is 1. The van der Waals surface area contributed by atoms with Crippen LogP contribution in [0.5, 0.6) is 0 Å². The standard InChI is InChI=1S/C15H23N3O3/c1-4-6-7-10-17(3)15(19)12-8-9-14(18(20)21)13(11-12)16-5-2/h8-9,11,16H,4-7,10H2,1-3H3. The maximum atomic E-state index is 12.3. The quantitative estimate of drug-likeness (QED) is 0.453. The lowest BCUT2D eigenvalue weighted by molar-refractivity contribution is -0.384. The normalized spacial score (nSPS) is 10.2. The van der Waals surface area contributed by atoms with Crippen molar-refractivity contribution in [3.63, 3.8) is 0 Å². The largest absolute Gasteiger partial charge is 0.380 e. The fraction of sp³-hybridized carbons (Fsp3) is 0.533. The fourth-order valence-electron chi connectivity index (χ4n) is 2.08. The molecule has 0 saturated carbocycles. The van der Waals surface area contributed by atoms with Gasteiger partial charge < -0.3 is 10.2 Å². The van der Waals surface area contributed by atoms with E-state index in [9.17, 15) is 14.9 Å². The van der Waals surface area contributed by atoms with Gasteiger partial charge in [-0.05, 0) is 25.5 Å². The predicted octanol–water partition coefficient (Wildman–Crippen LogP) is 3.29. The number of anilines is 1. The molecule has 1 amide bonds. The van der Waals surface area contributed by atoms with E-state index in [0.29, 0.717) is 24.3 Å². The molecule has 6 heteroatoms. The molecule has 0 aliphatic carbocycles. The van der Waals surface area contributed by atoms with Crippen LogP contribution in [-0.4, -0.2) is 35.9 Å². The van der Waals surface area contributed by atoms with Crippen molar-refractivity contribution < 1.29 is 9.72 Å². The van der Waals surface area contributed by atoms with E-state index in [1.54, 1.807) is 18.0 Å². The van der Waals surface area contributed by atoms with Crippen LogP contribution in [0, 0.1) is 10.1 Å². The topological polar surface area (TPSA) is 75.5 Å². The lowest BCUT2D eigenvalue weighted by Crippen LogP contribution is -2.27. The Kier molecular flexibility index (Phi) is 6.65. The van der Waals surface area contributed by atoms with Gasteiger partial charge in [0.25, 0.3) is 11.6 Å². The van der Waals surface area contributed by atoms with E-state index in [0.717, 1.165) is 19.3 Å². The number of unbranched alkanes of at least 4 members (excludes halogenated alkanes) is 2. The zero-order valence-electron chi connectivity index (χ0n) is 12.9. The SMILES string of the molecule is CCCCCN(C)C(=O)c1ccc([N+](=O)[O-])c(NCC)c1. The molecular weight excluding hydrogens is 270 g/mol. The van der Waals surface area contributed by atoms with Crippen LogP contribution in [0.2, 0.25) is 0 Å². The van der Waals surface area contributed by atoms with Gasteiger partial charge in [0.2, 0.25) is 0 Å². The summed E-state index contributed by atoms with van der Waals surface area (Å²) in [6.07, 6.45) is 3.15. The summed E-state index contributed by atoms with van der Waals surface area (Å²) in [5.74, 6) is -0.111. The molecule has 0 fully saturated rings. The van der Waals surface area contributed by atoms with Gasteiger partial charge in [-0.3, -0.25) is 14.9 Å². The summed E-state index contributed by atoms with van der Waals surface area (Å²) in [5, 5.41) is 13.9. The van der Waals surface area contributed by atoms with Crippen LogP contribution in [-0.2, 0) is 0 Å². The van der Waals surface area contributed by atoms with Crippen LogP contribution in [0.15, 0.2) is 18.2 Å². The number of nitrogens with zero attached hydrogens (tertiary/aromatic N) is 2. The molecule has 0 aromatic heterocycles. The second-order valence-electron chi connectivity index (χ2n) is 4.95. The maximum Gasteiger partial charge on any atom is 0.292 e. The van der Waals surface area contributed by atoms with Crippen LogP contribution >= 0.6 is 0 Å². The Morgan fingerprint density at radius 1 is 1.33 bits per heavy atom. The summed E-state index contributed by atoms with van der Waals surface area (Å²) >= 11 is 0. The van der Waals surface area contributed by atoms with Crippen molar-refractivity contribution in [3.05, 3.63) is 33.9 Å². The van der Waals surface area contributed by atoms with Crippen molar-refractivity contribution in [2.24, 2.45) is 0 Å². The minimum absolute atomic E-state index is 0.0120. The predicted molar refractivity (Wildman–Crippen MR) is 83.7 cm³/mol. The average Bonchev–Trinajstić information content (AvgIpc) is 2.46. The van der Waals surface area contributed by atoms with E-state index in [1.165, 1.54) is 12.1 Å². The summed E-state index contributed by atoms with van der Waals surface area (Å²) < 4.78 is 0. The molecule has 0 aliphatic rings. The summed E-state index contributed by atoms with van der Waals surface area (Å²) in [6, 6.07) is 4.45. The Labute approximate surface area is 125 Å². The zero-order valence-corrected chi connectivity index (χ0v) is 12.9. The number of nitro groups is 1. The Balaban J connectivity index is 2.89. The Morgan fingerprint density at radius 2 is 2.05 bits per heavy atom. The second-order valence-corrected chi connectivity index (χ2v) is 4.95. The number of benzene rings is 1. The van der Waals surface area contributed by atoms with Crippen molar-refractivity contribution in [1.82, 2.24) is 4.90 Å². The lowest BCUT2D eigenvalue weighted by atomic mass is 10.1. The summed E-state index contributed by atoms with van der Waals surface area (Å²) in [6.45, 7) is 5.22. The summed E-state index contributed by atoms with van der Waals surface area (Å²) in [5.41, 5.74) is 0.841. The van der Waals surface area contributed by atoms with Gasteiger partial charge in [-0.2, -0.15) is 0 Å². The third-order valence-electron chi connectivity index (χ3n) is 3.25. The van der Waals surface area contributed by atoms with Crippen LogP contribution in [0.3, 0.4) is 0 Å². The van der Waals surface area contributed by atoms with Crippen LogP contribution in [0.25, 0.3) is 0 Å². The number of hydrogen-bond acceptors (Lipinski definition) is 4. The number of nitrogens with one attached hydrogen (secondary N) is 1. The van der Waals surface area contributed by atoms with E-state index >= 15 is 0 Å². The van der Waals surface area contributed by atoms with Gasteiger partial charge in [0.15, 0.2) is 0 Å². The number of amides is 1. The molecule has 6 nitrogen and oxygen atoms in total. The van der Waals surface area contributed by atoms with Crippen molar-refractivity contribution in [1.29, 1.82) is 0 Å². The van der Waals surface area contributed by atoms with Crippen molar-refractivity contribution >= 4 is 17.3 Å². The van der Waals surface area contributed by atoms with Crippen molar-refractivity contribution in [2.45, 2.75) is 33.1 Å². The van der Waals surface area contributed by atoms with Crippen LogP contribution in [0.4, 0.5) is 11.4 Å². The van der Waals surface area contributed by atoms with Gasteiger partial charge in [-0.1, -0.05) is 19.8 Å². The molecule has 1 aromatic rings. The number of rotatable bonds is 8. The molecule has 0 bridgehead atoms. The molecule has 0 aliphatic heterocycles. The fourth-order valence-corrected chi connectivity index (χ4v) is 2.08. The Morgan fingerprint density at radius 3 is 2.62 bits per heavy atom. The molecule has 0 radical (unpaired) electrons. The van der Waals surface area contributed by atoms with Crippen molar-refractivity contribution in [3.8, 4) is 0 Å². The highest BCUT2D eigenvalue weighted by atomic mass is 16.6. The monoisotopic (exact) mass is 293 g/mol. The maximum absolute atomic E-state index is 12.3. The van der Waals surface area contributed by atoms with E-state index in [1.807, 2.05) is 6.92 Å². The molecule has 1 rings (SSSR count). The molecule has 0 saturated heterocycles. The van der Waals surface area contributed by atoms with E-state index in [2.05, 4.69) is 12.2 Å². The average molecular weight is 293 g/mol. The van der Waals surface area contributed by atoms with Crippen molar-refractivity contribution in [2.75, 3.05) is 25.5 Å². The van der Waals surface area contributed by atoms with Gasteiger partial charge in [0.1, 0.15) is 5.69 Å². The summed E-state index contributed by atoms with van der Waals surface area (Å²) in [7, 11) is 1.76. The highest BCUT2D eigenvalue weighted by Gasteiger charge is 2.18. The molecule has 0 unspecified atom stereocenters. The highest BCUT2D eigenvalue weighted by molar-refractivity contribution is 5.95. The third kappa shape index (κ3) is 4.73. The smallest absolute Gasteiger partial charge is 0.292 e. The number of carbonyl (C=O) groups is 1. The van der Waals surface area contributed by atoms with Gasteiger partial charge in [0.05, 0.1) is 4.92 Å². The first-order valence-electron chi connectivity index (χ1n) is 7.29. The first-order valence-corrected chi connectivity index (χ1v) is 7.29. The first kappa shape index (κ1) is 16.9. The molecular formula is C15H23N3O3. The van der Waals surface area contributed by atoms with E-state index in [-0.39, 0.29) is 11.6 Å². The lowest BCUT2D eigenvalue weighted by Gasteiger charge is -2.17.